The summed E-state index contributed by atoms with van der Waals surface area (Å²) < 4.78 is 11.9. The van der Waals surface area contributed by atoms with E-state index in [0.717, 1.165) is 46.7 Å². The number of fused-ring (bicyclic) bond motifs is 3. The van der Waals surface area contributed by atoms with Gasteiger partial charge in [0.25, 0.3) is 0 Å². The molecule has 5 heteroatoms. The molecule has 0 fully saturated rings. The Labute approximate surface area is 160 Å². The summed E-state index contributed by atoms with van der Waals surface area (Å²) in [5.74, 6) is 2.31. The smallest absolute Gasteiger partial charge is 0.188 e. The number of hydrogen-bond donors (Lipinski definition) is 1. The second-order valence-corrected chi connectivity index (χ2v) is 7.75. The van der Waals surface area contributed by atoms with Gasteiger partial charge in [0.05, 0.1) is 18.9 Å². The van der Waals surface area contributed by atoms with Crippen LogP contribution in [0.2, 0.25) is 0 Å². The van der Waals surface area contributed by atoms with E-state index in [9.17, 15) is 5.11 Å². The number of methoxy groups -OCH3 is 1. The summed E-state index contributed by atoms with van der Waals surface area (Å²) in [4.78, 5) is 0. The number of phenols is 1. The monoisotopic (exact) mass is 366 g/mol. The summed E-state index contributed by atoms with van der Waals surface area (Å²) in [5, 5.41) is 17.3. The Morgan fingerprint density at radius 2 is 2.11 bits per heavy atom. The average Bonchev–Trinajstić information content (AvgIpc) is 3.08. The predicted octanol–water partition coefficient (Wildman–Crippen LogP) is 4.62. The van der Waals surface area contributed by atoms with Crippen molar-refractivity contribution in [3.8, 4) is 17.2 Å². The first kappa shape index (κ1) is 17.7. The molecule has 27 heavy (non-hydrogen) atoms. The van der Waals surface area contributed by atoms with E-state index in [1.807, 2.05) is 31.2 Å². The quantitative estimate of drug-likeness (QED) is 0.857. The minimum absolute atomic E-state index is 0.0857. The van der Waals surface area contributed by atoms with E-state index in [2.05, 4.69) is 24.9 Å². The predicted molar refractivity (Wildman–Crippen MR) is 105 cm³/mol. The van der Waals surface area contributed by atoms with Crippen LogP contribution in [0.25, 0.3) is 0 Å². The van der Waals surface area contributed by atoms with E-state index < -0.39 is 0 Å². The third-order valence-corrected chi connectivity index (χ3v) is 5.22. The number of hydrazone groups is 1. The number of ether oxygens (including phenoxy) is 2. The van der Waals surface area contributed by atoms with Gasteiger partial charge < -0.3 is 14.6 Å². The Bertz CT molecular complexity index is 891. The molecule has 142 valence electrons. The van der Waals surface area contributed by atoms with E-state index in [1.165, 1.54) is 0 Å². The Kier molecular flexibility index (Phi) is 4.46. The van der Waals surface area contributed by atoms with Crippen LogP contribution < -0.4 is 9.47 Å². The fourth-order valence-electron chi connectivity index (χ4n) is 3.92. The molecular formula is C22H26N2O3. The van der Waals surface area contributed by atoms with Crippen LogP contribution in [0.15, 0.2) is 41.5 Å². The maximum Gasteiger partial charge on any atom is 0.188 e. The molecule has 2 atom stereocenters. The summed E-state index contributed by atoms with van der Waals surface area (Å²) in [6.07, 6.45) is 1.45. The van der Waals surface area contributed by atoms with E-state index in [0.29, 0.717) is 5.92 Å². The van der Waals surface area contributed by atoms with Crippen molar-refractivity contribution in [3.05, 3.63) is 53.1 Å². The summed E-state index contributed by atoms with van der Waals surface area (Å²) in [7, 11) is 1.67. The van der Waals surface area contributed by atoms with Crippen molar-refractivity contribution in [2.45, 2.75) is 45.9 Å². The lowest BCUT2D eigenvalue weighted by atomic mass is 9.94. The van der Waals surface area contributed by atoms with Gasteiger partial charge in [0, 0.05) is 24.0 Å². The number of benzene rings is 2. The standard InChI is InChI=1S/C22H26N2O3/c1-13(2)10-21-24-18(15-6-5-7-20(26-4)22(15)27-21)12-17(23-24)16-11-14(3)8-9-19(16)25/h5-9,11,13,18,21,25H,10,12H2,1-4H3/t18-,21-/m1/s1. The Morgan fingerprint density at radius 3 is 2.85 bits per heavy atom. The number of rotatable bonds is 4. The van der Waals surface area contributed by atoms with Crippen LogP contribution in [0.5, 0.6) is 17.2 Å². The van der Waals surface area contributed by atoms with Crippen molar-refractivity contribution >= 4 is 5.71 Å². The second-order valence-electron chi connectivity index (χ2n) is 7.75. The van der Waals surface area contributed by atoms with Gasteiger partial charge in [0.15, 0.2) is 17.7 Å². The van der Waals surface area contributed by atoms with Gasteiger partial charge in [0.1, 0.15) is 5.75 Å². The lowest BCUT2D eigenvalue weighted by molar-refractivity contribution is -0.0308. The van der Waals surface area contributed by atoms with Crippen LogP contribution in [0.3, 0.4) is 0 Å². The zero-order chi connectivity index (χ0) is 19.1. The van der Waals surface area contributed by atoms with E-state index in [-0.39, 0.29) is 18.0 Å². The first-order chi connectivity index (χ1) is 13.0. The third-order valence-electron chi connectivity index (χ3n) is 5.22. The highest BCUT2D eigenvalue weighted by Crippen LogP contribution is 2.48. The van der Waals surface area contributed by atoms with Crippen LogP contribution >= 0.6 is 0 Å². The zero-order valence-corrected chi connectivity index (χ0v) is 16.3. The molecule has 2 aromatic carbocycles. The molecule has 0 aliphatic carbocycles. The molecule has 2 heterocycles. The largest absolute Gasteiger partial charge is 0.507 e. The molecule has 0 radical (unpaired) electrons. The van der Waals surface area contributed by atoms with Gasteiger partial charge in [-0.1, -0.05) is 37.6 Å². The lowest BCUT2D eigenvalue weighted by Gasteiger charge is -2.39. The van der Waals surface area contributed by atoms with Crippen molar-refractivity contribution in [2.24, 2.45) is 11.0 Å². The number of hydrogen-bond acceptors (Lipinski definition) is 5. The van der Waals surface area contributed by atoms with Gasteiger partial charge in [-0.15, -0.1) is 0 Å². The fraction of sp³-hybridized carbons (Fsp3) is 0.409. The first-order valence-electron chi connectivity index (χ1n) is 9.47. The minimum atomic E-state index is -0.150. The molecule has 0 unspecified atom stereocenters. The molecule has 0 aromatic heterocycles. The van der Waals surface area contributed by atoms with Gasteiger partial charge in [-0.2, -0.15) is 5.10 Å². The van der Waals surface area contributed by atoms with Crippen molar-refractivity contribution < 1.29 is 14.6 Å². The van der Waals surface area contributed by atoms with Crippen LogP contribution in [0, 0.1) is 12.8 Å². The molecule has 2 aliphatic heterocycles. The van der Waals surface area contributed by atoms with Crippen molar-refractivity contribution in [3.63, 3.8) is 0 Å². The molecule has 1 N–H and O–H groups in total. The average molecular weight is 366 g/mol. The van der Waals surface area contributed by atoms with Gasteiger partial charge in [-0.05, 0) is 31.0 Å². The van der Waals surface area contributed by atoms with Gasteiger partial charge in [0.2, 0.25) is 0 Å². The minimum Gasteiger partial charge on any atom is -0.507 e. The SMILES string of the molecule is COc1cccc2c1O[C@H](CC(C)C)N1N=C(c3cc(C)ccc3O)C[C@H]21. The molecule has 5 nitrogen and oxygen atoms in total. The number of aromatic hydroxyl groups is 1. The highest BCUT2D eigenvalue weighted by atomic mass is 16.5. The molecule has 0 amide bonds. The highest BCUT2D eigenvalue weighted by molar-refractivity contribution is 6.04. The van der Waals surface area contributed by atoms with Crippen LogP contribution in [-0.2, 0) is 0 Å². The maximum absolute atomic E-state index is 10.4. The van der Waals surface area contributed by atoms with Gasteiger partial charge >= 0.3 is 0 Å². The van der Waals surface area contributed by atoms with Crippen LogP contribution in [-0.4, -0.2) is 29.2 Å². The molecule has 0 saturated carbocycles. The number of para-hydroxylation sites is 1. The zero-order valence-electron chi connectivity index (χ0n) is 16.3. The summed E-state index contributed by atoms with van der Waals surface area (Å²) >= 11 is 0. The molecule has 0 saturated heterocycles. The Balaban J connectivity index is 1.77. The van der Waals surface area contributed by atoms with E-state index in [4.69, 9.17) is 14.6 Å². The highest BCUT2D eigenvalue weighted by Gasteiger charge is 2.41. The topological polar surface area (TPSA) is 54.3 Å². The summed E-state index contributed by atoms with van der Waals surface area (Å²) in [6, 6.07) is 11.7. The molecule has 0 spiro atoms. The van der Waals surface area contributed by atoms with E-state index in [1.54, 1.807) is 13.2 Å². The molecule has 4 rings (SSSR count). The number of aryl methyl sites for hydroxylation is 1. The summed E-state index contributed by atoms with van der Waals surface area (Å²) in [5.41, 5.74) is 3.89. The maximum atomic E-state index is 10.4. The summed E-state index contributed by atoms with van der Waals surface area (Å²) in [6.45, 7) is 6.39. The van der Waals surface area contributed by atoms with Gasteiger partial charge in [-0.3, -0.25) is 5.01 Å². The van der Waals surface area contributed by atoms with Crippen LogP contribution in [0.4, 0.5) is 0 Å². The van der Waals surface area contributed by atoms with Crippen molar-refractivity contribution in [2.75, 3.05) is 7.11 Å². The fourth-order valence-corrected chi connectivity index (χ4v) is 3.92. The number of nitrogens with zero attached hydrogens (tertiary/aromatic N) is 2. The van der Waals surface area contributed by atoms with Crippen molar-refractivity contribution in [1.29, 1.82) is 0 Å². The normalized spacial score (nSPS) is 20.8. The first-order valence-corrected chi connectivity index (χ1v) is 9.47. The van der Waals surface area contributed by atoms with Crippen LogP contribution in [0.1, 0.15) is 49.4 Å². The van der Waals surface area contributed by atoms with E-state index >= 15 is 0 Å². The second kappa shape index (κ2) is 6.80. The molecule has 2 aliphatic rings. The Hall–Kier alpha value is -2.69. The van der Waals surface area contributed by atoms with Gasteiger partial charge in [-0.25, -0.2) is 0 Å². The van der Waals surface area contributed by atoms with Crippen molar-refractivity contribution in [1.82, 2.24) is 5.01 Å². The molecule has 0 bridgehead atoms. The third kappa shape index (κ3) is 3.11. The Morgan fingerprint density at radius 1 is 1.30 bits per heavy atom. The lowest BCUT2D eigenvalue weighted by Crippen LogP contribution is -2.41. The molecule has 2 aromatic rings. The molecular weight excluding hydrogens is 340 g/mol. The number of phenolic OH excluding ortho intramolecular Hbond substituents is 1.